The Kier molecular flexibility index (Phi) is 5.22. The predicted octanol–water partition coefficient (Wildman–Crippen LogP) is 5.92. The molecule has 0 saturated heterocycles. The van der Waals surface area contributed by atoms with Crippen molar-refractivity contribution in [2.45, 2.75) is 50.6 Å². The van der Waals surface area contributed by atoms with E-state index in [1.165, 1.54) is 6.07 Å². The Morgan fingerprint density at radius 1 is 1.14 bits per heavy atom. The Balaban J connectivity index is 1.27. The first kappa shape index (κ1) is 24.0. The molecule has 0 spiro atoms. The third-order valence-electron chi connectivity index (χ3n) is 8.55. The van der Waals surface area contributed by atoms with E-state index in [1.807, 2.05) is 50.1 Å². The lowest BCUT2D eigenvalue weighted by molar-refractivity contribution is -0.139. The van der Waals surface area contributed by atoms with Gasteiger partial charge in [-0.15, -0.1) is 0 Å². The molecule has 1 saturated carbocycles. The topological polar surface area (TPSA) is 62.7 Å². The normalized spacial score (nSPS) is 25.4. The highest BCUT2D eigenvalue weighted by molar-refractivity contribution is 5.77. The monoisotopic (exact) mass is 508 g/mol. The highest BCUT2D eigenvalue weighted by Gasteiger charge is 2.60. The fraction of sp³-hybridized carbons (Fsp3) is 0.379. The molecule has 0 bridgehead atoms. The van der Waals surface area contributed by atoms with Gasteiger partial charge >= 0.3 is 12.1 Å². The van der Waals surface area contributed by atoms with Gasteiger partial charge in [0.2, 0.25) is 5.88 Å². The molecule has 2 aliphatic carbocycles. The molecule has 192 valence electrons. The van der Waals surface area contributed by atoms with Gasteiger partial charge in [0.1, 0.15) is 6.61 Å². The number of halogens is 3. The second-order valence-electron chi connectivity index (χ2n) is 10.8. The number of hydrogen-bond donors (Lipinski definition) is 1. The van der Waals surface area contributed by atoms with Gasteiger partial charge in [0.15, 0.2) is 0 Å². The van der Waals surface area contributed by atoms with Crippen LogP contribution in [0, 0.1) is 11.8 Å². The maximum Gasteiger partial charge on any atom is 0.416 e. The minimum atomic E-state index is -4.45. The summed E-state index contributed by atoms with van der Waals surface area (Å²) in [5.74, 6) is -0.377. The molecule has 8 heteroatoms. The van der Waals surface area contributed by atoms with Gasteiger partial charge in [-0.2, -0.15) is 13.2 Å². The lowest BCUT2D eigenvalue weighted by Crippen LogP contribution is -2.35. The summed E-state index contributed by atoms with van der Waals surface area (Å²) in [6.45, 7) is 4.26. The summed E-state index contributed by atoms with van der Waals surface area (Å²) in [4.78, 5) is 17.7. The number of pyridine rings is 1. The van der Waals surface area contributed by atoms with Crippen molar-refractivity contribution in [1.29, 1.82) is 0 Å². The first-order valence-electron chi connectivity index (χ1n) is 12.3. The molecule has 0 radical (unpaired) electrons. The zero-order valence-electron chi connectivity index (χ0n) is 20.7. The zero-order valence-corrected chi connectivity index (χ0v) is 20.7. The molecule has 5 nitrogen and oxygen atoms in total. The van der Waals surface area contributed by atoms with Gasteiger partial charge in [-0.25, -0.2) is 4.98 Å². The largest absolute Gasteiger partial charge is 0.481 e. The second-order valence-corrected chi connectivity index (χ2v) is 10.8. The highest BCUT2D eigenvalue weighted by Crippen LogP contribution is 2.61. The van der Waals surface area contributed by atoms with Crippen LogP contribution in [0.3, 0.4) is 0 Å². The van der Waals surface area contributed by atoms with Crippen LogP contribution in [0.4, 0.5) is 13.2 Å². The number of carboxylic acids is 1. The van der Waals surface area contributed by atoms with E-state index in [9.17, 15) is 23.1 Å². The van der Waals surface area contributed by atoms with E-state index in [1.54, 1.807) is 18.3 Å². The molecule has 37 heavy (non-hydrogen) atoms. The zero-order chi connectivity index (χ0) is 26.3. The van der Waals surface area contributed by atoms with Crippen molar-refractivity contribution < 1.29 is 27.8 Å². The maximum atomic E-state index is 13.9. The number of carboxylic acid groups (broad SMARTS) is 1. The molecular formula is C29H27F3N2O3. The third-order valence-corrected chi connectivity index (χ3v) is 8.55. The molecular weight excluding hydrogens is 481 g/mol. The second kappa shape index (κ2) is 8.05. The molecule has 4 atom stereocenters. The van der Waals surface area contributed by atoms with Crippen molar-refractivity contribution in [2.24, 2.45) is 11.8 Å². The van der Waals surface area contributed by atoms with Crippen LogP contribution < -0.4 is 4.74 Å². The van der Waals surface area contributed by atoms with Gasteiger partial charge in [0.25, 0.3) is 0 Å². The van der Waals surface area contributed by atoms with Crippen LogP contribution >= 0.6 is 0 Å². The van der Waals surface area contributed by atoms with Gasteiger partial charge in [0, 0.05) is 23.7 Å². The van der Waals surface area contributed by atoms with Crippen LogP contribution in [0.5, 0.6) is 5.88 Å². The maximum absolute atomic E-state index is 13.9. The Morgan fingerprint density at radius 2 is 1.89 bits per heavy atom. The molecule has 1 N–H and O–H groups in total. The predicted molar refractivity (Wildman–Crippen MR) is 130 cm³/mol. The summed E-state index contributed by atoms with van der Waals surface area (Å²) < 4.78 is 47.7. The van der Waals surface area contributed by atoms with Crippen LogP contribution in [0.25, 0.3) is 0 Å². The fourth-order valence-corrected chi connectivity index (χ4v) is 6.42. The number of ether oxygens (including phenoxy) is 1. The summed E-state index contributed by atoms with van der Waals surface area (Å²) in [6, 6.07) is 13.0. The number of rotatable bonds is 5. The molecule has 3 aromatic rings. The van der Waals surface area contributed by atoms with Crippen LogP contribution in [-0.4, -0.2) is 28.0 Å². The van der Waals surface area contributed by atoms with Crippen molar-refractivity contribution in [2.75, 3.05) is 7.05 Å². The number of aromatic nitrogens is 1. The van der Waals surface area contributed by atoms with Crippen LogP contribution in [0.1, 0.15) is 64.8 Å². The summed E-state index contributed by atoms with van der Waals surface area (Å²) in [7, 11) is 1.86. The van der Waals surface area contributed by atoms with E-state index in [0.29, 0.717) is 5.88 Å². The van der Waals surface area contributed by atoms with Crippen molar-refractivity contribution in [3.8, 4) is 5.88 Å². The number of alkyl halides is 3. The third kappa shape index (κ3) is 3.72. The molecule has 1 aliphatic heterocycles. The number of nitrogens with zero attached hydrogens (tertiary/aromatic N) is 2. The van der Waals surface area contributed by atoms with Gasteiger partial charge in [-0.1, -0.05) is 36.4 Å². The number of hydrogen-bond acceptors (Lipinski definition) is 4. The van der Waals surface area contributed by atoms with Gasteiger partial charge in [-0.05, 0) is 72.7 Å². The lowest BCUT2D eigenvalue weighted by Gasteiger charge is -2.33. The molecule has 6 rings (SSSR count). The van der Waals surface area contributed by atoms with Crippen molar-refractivity contribution in [3.05, 3.63) is 93.7 Å². The van der Waals surface area contributed by atoms with E-state index >= 15 is 0 Å². The summed E-state index contributed by atoms with van der Waals surface area (Å²) in [5.41, 5.74) is 3.92. The van der Waals surface area contributed by atoms with E-state index in [4.69, 9.17) is 4.74 Å². The minimum Gasteiger partial charge on any atom is -0.481 e. The molecule has 1 unspecified atom stereocenters. The van der Waals surface area contributed by atoms with E-state index < -0.39 is 29.3 Å². The van der Waals surface area contributed by atoms with Crippen molar-refractivity contribution in [1.82, 2.24) is 9.88 Å². The van der Waals surface area contributed by atoms with E-state index in [0.717, 1.165) is 40.3 Å². The van der Waals surface area contributed by atoms with E-state index in [2.05, 4.69) is 4.98 Å². The molecule has 1 aromatic heterocycles. The SMILES string of the molecule is CN1C(c2ccccc2C(F)(F)F)c2cc(COc3cc4c(cn3)[C@H]3[C@@H](C4)[C@@H]3C(=O)O)ccc2C1(C)C. The molecule has 2 heterocycles. The molecule has 0 amide bonds. The van der Waals surface area contributed by atoms with Crippen molar-refractivity contribution >= 4 is 5.97 Å². The van der Waals surface area contributed by atoms with Gasteiger partial charge < -0.3 is 9.84 Å². The van der Waals surface area contributed by atoms with Gasteiger partial charge in [-0.3, -0.25) is 9.69 Å². The number of carbonyl (C=O) groups is 1. The molecule has 1 fully saturated rings. The average Bonchev–Trinajstić information content (AvgIpc) is 3.38. The number of aliphatic carboxylic acids is 1. The van der Waals surface area contributed by atoms with Crippen molar-refractivity contribution in [3.63, 3.8) is 0 Å². The lowest BCUT2D eigenvalue weighted by atomic mass is 9.90. The average molecular weight is 509 g/mol. The first-order chi connectivity index (χ1) is 17.5. The van der Waals surface area contributed by atoms with Crippen LogP contribution in [-0.2, 0) is 29.5 Å². The summed E-state index contributed by atoms with van der Waals surface area (Å²) in [5, 5.41) is 9.31. The quantitative estimate of drug-likeness (QED) is 0.464. The minimum absolute atomic E-state index is 0.0580. The standard InChI is InChI=1S/C29H27F3N2O3/c1-28(2)21-9-8-15(10-18(21)26(34(28)3)17-6-4-5-7-22(17)29(30,31)32)14-37-23-12-16-11-19-24(20(16)13-33-23)25(19)27(35)36/h4-10,12-13,19,24-26H,11,14H2,1-3H3,(H,35,36)/t19-,24-,25+,26?/m1/s1. The number of benzene rings is 2. The van der Waals surface area contributed by atoms with Crippen LogP contribution in [0.2, 0.25) is 0 Å². The molecule has 2 aromatic carbocycles. The Labute approximate surface area is 212 Å². The Hall–Kier alpha value is -3.39. The Bertz CT molecular complexity index is 1420. The Morgan fingerprint density at radius 3 is 2.62 bits per heavy atom. The highest BCUT2D eigenvalue weighted by atomic mass is 19.4. The summed E-state index contributed by atoms with van der Waals surface area (Å²) in [6.07, 6.45) is -2.01. The number of fused-ring (bicyclic) bond motifs is 4. The van der Waals surface area contributed by atoms with Gasteiger partial charge in [0.05, 0.1) is 17.5 Å². The smallest absolute Gasteiger partial charge is 0.416 e. The molecule has 3 aliphatic rings. The van der Waals surface area contributed by atoms with Crippen LogP contribution in [0.15, 0.2) is 54.7 Å². The first-order valence-corrected chi connectivity index (χ1v) is 12.3. The van der Waals surface area contributed by atoms with E-state index in [-0.39, 0.29) is 29.9 Å². The fourth-order valence-electron chi connectivity index (χ4n) is 6.42. The summed E-state index contributed by atoms with van der Waals surface area (Å²) >= 11 is 0.